The Bertz CT molecular complexity index is 714. The standard InChI is InChI=1S/C16H17BrN2S/c1-12-2-5-15(20-12)11-18-7-9-19-8-6-13-3-4-14(17)10-16(13)19/h2-6,8,10,18H,7,9,11H2,1H3. The predicted molar refractivity (Wildman–Crippen MR) is 90.4 cm³/mol. The molecule has 20 heavy (non-hydrogen) atoms. The molecule has 0 saturated carbocycles. The normalized spacial score (nSPS) is 11.3. The number of benzene rings is 1. The van der Waals surface area contributed by atoms with Crippen molar-refractivity contribution >= 4 is 38.2 Å². The molecule has 0 aliphatic rings. The molecule has 104 valence electrons. The molecule has 2 heterocycles. The van der Waals surface area contributed by atoms with Crippen LogP contribution in [0.2, 0.25) is 0 Å². The van der Waals surface area contributed by atoms with Crippen LogP contribution in [-0.4, -0.2) is 11.1 Å². The van der Waals surface area contributed by atoms with Crippen molar-refractivity contribution in [3.05, 3.63) is 56.8 Å². The van der Waals surface area contributed by atoms with Gasteiger partial charge in [-0.15, -0.1) is 11.3 Å². The minimum atomic E-state index is 0.960. The molecular weight excluding hydrogens is 332 g/mol. The van der Waals surface area contributed by atoms with Crippen LogP contribution in [-0.2, 0) is 13.1 Å². The van der Waals surface area contributed by atoms with Crippen molar-refractivity contribution in [2.45, 2.75) is 20.0 Å². The summed E-state index contributed by atoms with van der Waals surface area (Å²) in [6, 6.07) is 13.0. The maximum atomic E-state index is 3.54. The predicted octanol–water partition coefficient (Wildman–Crippen LogP) is 4.56. The lowest BCUT2D eigenvalue weighted by Gasteiger charge is -2.07. The van der Waals surface area contributed by atoms with Crippen LogP contribution in [0.1, 0.15) is 9.75 Å². The first-order valence-electron chi connectivity index (χ1n) is 6.73. The largest absolute Gasteiger partial charge is 0.346 e. The molecule has 2 nitrogen and oxygen atoms in total. The summed E-state index contributed by atoms with van der Waals surface area (Å²) in [6.07, 6.45) is 2.16. The van der Waals surface area contributed by atoms with Crippen molar-refractivity contribution in [1.29, 1.82) is 0 Å². The number of nitrogens with zero attached hydrogens (tertiary/aromatic N) is 1. The first-order chi connectivity index (χ1) is 9.72. The topological polar surface area (TPSA) is 17.0 Å². The molecule has 0 radical (unpaired) electrons. The summed E-state index contributed by atoms with van der Waals surface area (Å²) in [5, 5.41) is 4.80. The number of nitrogens with one attached hydrogen (secondary N) is 1. The minimum Gasteiger partial charge on any atom is -0.346 e. The summed E-state index contributed by atoms with van der Waals surface area (Å²) in [4.78, 5) is 2.78. The third kappa shape index (κ3) is 3.14. The zero-order chi connectivity index (χ0) is 13.9. The van der Waals surface area contributed by atoms with Crippen LogP contribution >= 0.6 is 27.3 Å². The van der Waals surface area contributed by atoms with Gasteiger partial charge in [-0.05, 0) is 42.6 Å². The smallest absolute Gasteiger partial charge is 0.0492 e. The first kappa shape index (κ1) is 13.9. The van der Waals surface area contributed by atoms with Gasteiger partial charge >= 0.3 is 0 Å². The van der Waals surface area contributed by atoms with Crippen molar-refractivity contribution in [2.24, 2.45) is 0 Å². The van der Waals surface area contributed by atoms with Gasteiger partial charge in [0.1, 0.15) is 0 Å². The van der Waals surface area contributed by atoms with Crippen molar-refractivity contribution in [3.63, 3.8) is 0 Å². The SMILES string of the molecule is Cc1ccc(CNCCn2ccc3ccc(Br)cc32)s1. The second kappa shape index (κ2) is 6.12. The lowest BCUT2D eigenvalue weighted by molar-refractivity contribution is 0.613. The summed E-state index contributed by atoms with van der Waals surface area (Å²) >= 11 is 5.40. The van der Waals surface area contributed by atoms with Crippen LogP contribution in [0.15, 0.2) is 47.1 Å². The van der Waals surface area contributed by atoms with Gasteiger partial charge in [0.15, 0.2) is 0 Å². The number of thiophene rings is 1. The Morgan fingerprint density at radius 1 is 1.20 bits per heavy atom. The van der Waals surface area contributed by atoms with Crippen molar-refractivity contribution in [1.82, 2.24) is 9.88 Å². The average Bonchev–Trinajstić information content (AvgIpc) is 3.01. The van der Waals surface area contributed by atoms with Crippen molar-refractivity contribution in [2.75, 3.05) is 6.54 Å². The van der Waals surface area contributed by atoms with Crippen molar-refractivity contribution < 1.29 is 0 Å². The van der Waals surface area contributed by atoms with E-state index in [9.17, 15) is 0 Å². The highest BCUT2D eigenvalue weighted by atomic mass is 79.9. The molecule has 0 fully saturated rings. The lowest BCUT2D eigenvalue weighted by atomic mass is 10.2. The van der Waals surface area contributed by atoms with Gasteiger partial charge in [0, 0.05) is 45.6 Å². The fraction of sp³-hybridized carbons (Fsp3) is 0.250. The number of hydrogen-bond donors (Lipinski definition) is 1. The Kier molecular flexibility index (Phi) is 4.24. The fourth-order valence-electron chi connectivity index (χ4n) is 2.34. The molecule has 2 aromatic heterocycles. The zero-order valence-electron chi connectivity index (χ0n) is 11.4. The van der Waals surface area contributed by atoms with Crippen LogP contribution in [0.3, 0.4) is 0 Å². The Morgan fingerprint density at radius 3 is 2.90 bits per heavy atom. The molecule has 0 unspecified atom stereocenters. The fourth-order valence-corrected chi connectivity index (χ4v) is 3.55. The van der Waals surface area contributed by atoms with Crippen LogP contribution in [0, 0.1) is 6.92 Å². The minimum absolute atomic E-state index is 0.960. The Morgan fingerprint density at radius 2 is 2.10 bits per heavy atom. The molecule has 0 aliphatic carbocycles. The summed E-state index contributed by atoms with van der Waals surface area (Å²) < 4.78 is 3.43. The molecule has 0 bridgehead atoms. The van der Waals surface area contributed by atoms with E-state index in [1.54, 1.807) is 0 Å². The molecule has 3 aromatic rings. The van der Waals surface area contributed by atoms with Gasteiger partial charge in [-0.2, -0.15) is 0 Å². The first-order valence-corrected chi connectivity index (χ1v) is 8.34. The quantitative estimate of drug-likeness (QED) is 0.668. The molecule has 0 spiro atoms. The highest BCUT2D eigenvalue weighted by Gasteiger charge is 2.01. The van der Waals surface area contributed by atoms with Gasteiger partial charge in [-0.25, -0.2) is 0 Å². The van der Waals surface area contributed by atoms with Gasteiger partial charge < -0.3 is 9.88 Å². The third-order valence-corrected chi connectivity index (χ3v) is 4.85. The lowest BCUT2D eigenvalue weighted by Crippen LogP contribution is -2.18. The molecular formula is C16H17BrN2S. The zero-order valence-corrected chi connectivity index (χ0v) is 13.8. The molecule has 3 rings (SSSR count). The van der Waals surface area contributed by atoms with E-state index in [-0.39, 0.29) is 0 Å². The van der Waals surface area contributed by atoms with E-state index < -0.39 is 0 Å². The maximum absolute atomic E-state index is 3.54. The summed E-state index contributed by atoms with van der Waals surface area (Å²) in [5.41, 5.74) is 1.29. The van der Waals surface area contributed by atoms with Crippen LogP contribution in [0.4, 0.5) is 0 Å². The van der Waals surface area contributed by atoms with E-state index in [0.29, 0.717) is 0 Å². The Balaban J connectivity index is 1.58. The molecule has 1 N–H and O–H groups in total. The average molecular weight is 349 g/mol. The Hall–Kier alpha value is -1.10. The van der Waals surface area contributed by atoms with E-state index in [1.807, 2.05) is 11.3 Å². The molecule has 0 aliphatic heterocycles. The van der Waals surface area contributed by atoms with E-state index in [2.05, 4.69) is 75.3 Å². The van der Waals surface area contributed by atoms with E-state index >= 15 is 0 Å². The number of hydrogen-bond acceptors (Lipinski definition) is 2. The summed E-state index contributed by atoms with van der Waals surface area (Å²) in [5.74, 6) is 0. The highest BCUT2D eigenvalue weighted by molar-refractivity contribution is 9.10. The van der Waals surface area contributed by atoms with Gasteiger partial charge in [-0.3, -0.25) is 0 Å². The second-order valence-corrected chi connectivity index (χ2v) is 7.19. The van der Waals surface area contributed by atoms with Gasteiger partial charge in [0.25, 0.3) is 0 Å². The number of aryl methyl sites for hydroxylation is 1. The maximum Gasteiger partial charge on any atom is 0.0492 e. The van der Waals surface area contributed by atoms with E-state index in [1.165, 1.54) is 20.7 Å². The number of halogens is 1. The summed E-state index contributed by atoms with van der Waals surface area (Å²) in [6.45, 7) is 5.08. The second-order valence-electron chi connectivity index (χ2n) is 4.90. The van der Waals surface area contributed by atoms with E-state index in [4.69, 9.17) is 0 Å². The van der Waals surface area contributed by atoms with Gasteiger partial charge in [-0.1, -0.05) is 22.0 Å². The third-order valence-electron chi connectivity index (χ3n) is 3.36. The molecule has 4 heteroatoms. The van der Waals surface area contributed by atoms with E-state index in [0.717, 1.165) is 24.1 Å². The number of fused-ring (bicyclic) bond motifs is 1. The Labute approximate surface area is 131 Å². The molecule has 0 saturated heterocycles. The monoisotopic (exact) mass is 348 g/mol. The molecule has 0 atom stereocenters. The number of rotatable bonds is 5. The highest BCUT2D eigenvalue weighted by Crippen LogP contribution is 2.20. The molecule has 0 amide bonds. The van der Waals surface area contributed by atoms with Gasteiger partial charge in [0.05, 0.1) is 0 Å². The van der Waals surface area contributed by atoms with Crippen molar-refractivity contribution in [3.8, 4) is 0 Å². The molecule has 1 aromatic carbocycles. The van der Waals surface area contributed by atoms with Gasteiger partial charge in [0.2, 0.25) is 0 Å². The summed E-state index contributed by atoms with van der Waals surface area (Å²) in [7, 11) is 0. The van der Waals surface area contributed by atoms with Crippen LogP contribution < -0.4 is 5.32 Å². The van der Waals surface area contributed by atoms with Crippen LogP contribution in [0.25, 0.3) is 10.9 Å². The van der Waals surface area contributed by atoms with Crippen LogP contribution in [0.5, 0.6) is 0 Å². The number of aromatic nitrogens is 1.